The average molecular weight is 475 g/mol. The van der Waals surface area contributed by atoms with Gasteiger partial charge in [0.2, 0.25) is 0 Å². The summed E-state index contributed by atoms with van der Waals surface area (Å²) in [4.78, 5) is 0. The van der Waals surface area contributed by atoms with Gasteiger partial charge in [0, 0.05) is 11.1 Å². The molecule has 0 aliphatic rings. The maximum absolute atomic E-state index is 8.72. The molecule has 0 bridgehead atoms. The lowest BCUT2D eigenvalue weighted by Gasteiger charge is -2.12. The van der Waals surface area contributed by atoms with Crippen LogP contribution in [0.4, 0.5) is 0 Å². The van der Waals surface area contributed by atoms with Crippen molar-refractivity contribution in [1.82, 2.24) is 0 Å². The number of benzene rings is 2. The maximum Gasteiger partial charge on any atom is 0.181 e. The van der Waals surface area contributed by atoms with Crippen LogP contribution in [-0.2, 0) is 0 Å². The van der Waals surface area contributed by atoms with Crippen molar-refractivity contribution < 1.29 is 18.9 Å². The van der Waals surface area contributed by atoms with E-state index in [1.54, 1.807) is 24.3 Å². The molecule has 32 heavy (non-hydrogen) atoms. The molecule has 0 heterocycles. The van der Waals surface area contributed by atoms with E-state index < -0.39 is 0 Å². The van der Waals surface area contributed by atoms with Crippen molar-refractivity contribution in [1.29, 1.82) is 10.5 Å². The van der Waals surface area contributed by atoms with E-state index in [9.17, 15) is 0 Å². The molecule has 0 aliphatic heterocycles. The Hall–Kier alpha value is -3.46. The molecule has 0 aliphatic carbocycles. The van der Waals surface area contributed by atoms with E-state index in [1.807, 2.05) is 26.0 Å². The Morgan fingerprint density at radius 1 is 0.750 bits per heavy atom. The van der Waals surface area contributed by atoms with Crippen LogP contribution in [0.5, 0.6) is 23.0 Å². The zero-order valence-electron chi connectivity index (χ0n) is 17.5. The highest BCUT2D eigenvalue weighted by atomic mass is 35.5. The Kier molecular flexibility index (Phi) is 10.1. The third-order valence-electron chi connectivity index (χ3n) is 3.71. The van der Waals surface area contributed by atoms with Crippen molar-refractivity contribution >= 4 is 35.6 Å². The van der Waals surface area contributed by atoms with Gasteiger partial charge in [-0.1, -0.05) is 23.2 Å². The zero-order valence-corrected chi connectivity index (χ0v) is 19.0. The molecule has 0 fully saturated rings. The molecule has 0 radical (unpaired) electrons. The number of halogens is 2. The van der Waals surface area contributed by atoms with Gasteiger partial charge in [-0.2, -0.15) is 20.7 Å². The van der Waals surface area contributed by atoms with Gasteiger partial charge in [0.05, 0.1) is 35.7 Å². The summed E-state index contributed by atoms with van der Waals surface area (Å²) in [6.07, 6.45) is 2.99. The first-order chi connectivity index (χ1) is 15.5. The number of rotatable bonds is 11. The lowest BCUT2D eigenvalue weighted by molar-refractivity contribution is 0.298. The first-order valence-electron chi connectivity index (χ1n) is 9.52. The van der Waals surface area contributed by atoms with Gasteiger partial charge in [0.25, 0.3) is 0 Å². The van der Waals surface area contributed by atoms with Crippen molar-refractivity contribution in [3.8, 4) is 35.1 Å². The molecule has 10 heteroatoms. The van der Waals surface area contributed by atoms with E-state index in [4.69, 9.17) is 52.7 Å². The summed E-state index contributed by atoms with van der Waals surface area (Å²) in [5.41, 5.74) is 1.27. The molecule has 0 N–H and O–H groups in total. The molecule has 2 rings (SSSR count). The van der Waals surface area contributed by atoms with Crippen LogP contribution in [0.1, 0.15) is 25.0 Å². The highest BCUT2D eigenvalue weighted by molar-refractivity contribution is 6.33. The fourth-order valence-electron chi connectivity index (χ4n) is 2.54. The minimum absolute atomic E-state index is 0.149. The van der Waals surface area contributed by atoms with Gasteiger partial charge in [-0.3, -0.25) is 0 Å². The summed E-state index contributed by atoms with van der Waals surface area (Å²) < 4.78 is 21.8. The van der Waals surface area contributed by atoms with Gasteiger partial charge in [0.15, 0.2) is 36.2 Å². The molecule has 0 atom stereocenters. The van der Waals surface area contributed by atoms with Crippen LogP contribution in [0.3, 0.4) is 0 Å². The molecule has 0 unspecified atom stereocenters. The molecule has 0 saturated carbocycles. The number of nitrogens with zero attached hydrogens (tertiary/aromatic N) is 4. The third kappa shape index (κ3) is 7.05. The summed E-state index contributed by atoms with van der Waals surface area (Å²) in [7, 11) is 0. The van der Waals surface area contributed by atoms with Gasteiger partial charge < -0.3 is 18.9 Å². The van der Waals surface area contributed by atoms with Crippen molar-refractivity contribution in [3.63, 3.8) is 0 Å². The van der Waals surface area contributed by atoms with Crippen LogP contribution in [-0.4, -0.2) is 38.9 Å². The van der Waals surface area contributed by atoms with E-state index >= 15 is 0 Å². The first kappa shape index (κ1) is 24.8. The lowest BCUT2D eigenvalue weighted by atomic mass is 10.2. The maximum atomic E-state index is 8.72. The van der Waals surface area contributed by atoms with Crippen molar-refractivity contribution in [2.24, 2.45) is 10.2 Å². The monoisotopic (exact) mass is 474 g/mol. The number of nitriles is 2. The summed E-state index contributed by atoms with van der Waals surface area (Å²) >= 11 is 12.5. The largest absolute Gasteiger partial charge is 0.490 e. The minimum atomic E-state index is -0.149. The Balaban J connectivity index is 2.22. The van der Waals surface area contributed by atoms with E-state index in [-0.39, 0.29) is 23.3 Å². The number of hydrogen-bond donors (Lipinski definition) is 0. The molecule has 2 aromatic rings. The second-order valence-electron chi connectivity index (χ2n) is 5.91. The van der Waals surface area contributed by atoms with Crippen LogP contribution >= 0.6 is 23.2 Å². The van der Waals surface area contributed by atoms with E-state index in [0.29, 0.717) is 47.3 Å². The second-order valence-corrected chi connectivity index (χ2v) is 6.72. The minimum Gasteiger partial charge on any atom is -0.490 e. The summed E-state index contributed by atoms with van der Waals surface area (Å²) in [6.45, 7) is 4.15. The highest BCUT2D eigenvalue weighted by Gasteiger charge is 2.13. The topological polar surface area (TPSA) is 109 Å². The second kappa shape index (κ2) is 13.1. The van der Waals surface area contributed by atoms with Crippen LogP contribution < -0.4 is 18.9 Å². The summed E-state index contributed by atoms with van der Waals surface area (Å²) in [5, 5.41) is 26.1. The molecule has 166 valence electrons. The summed E-state index contributed by atoms with van der Waals surface area (Å²) in [6, 6.07) is 10.4. The van der Waals surface area contributed by atoms with E-state index in [1.165, 1.54) is 12.4 Å². The Morgan fingerprint density at radius 3 is 1.50 bits per heavy atom. The number of ether oxygens (including phenoxy) is 4. The van der Waals surface area contributed by atoms with Crippen LogP contribution in [0.15, 0.2) is 34.5 Å². The van der Waals surface area contributed by atoms with E-state index in [2.05, 4.69) is 10.2 Å². The fraction of sp³-hybridized carbons (Fsp3) is 0.273. The smallest absolute Gasteiger partial charge is 0.181 e. The molecule has 0 amide bonds. The fourth-order valence-corrected chi connectivity index (χ4v) is 3.09. The molecular formula is C22H20Cl2N4O4. The molecule has 0 spiro atoms. The number of hydrogen-bond acceptors (Lipinski definition) is 8. The van der Waals surface area contributed by atoms with Crippen LogP contribution in [0.2, 0.25) is 10.0 Å². The van der Waals surface area contributed by atoms with Crippen LogP contribution in [0, 0.1) is 22.7 Å². The first-order valence-corrected chi connectivity index (χ1v) is 10.3. The average Bonchev–Trinajstić information content (AvgIpc) is 2.76. The van der Waals surface area contributed by atoms with E-state index in [0.717, 1.165) is 0 Å². The Morgan fingerprint density at radius 2 is 1.16 bits per heavy atom. The SMILES string of the molecule is CCOc1cc(C=NN=Cc2cc(Cl)c(OCC#N)c(OCC)c2)cc(Cl)c1OCC#N. The Bertz CT molecular complexity index is 990. The van der Waals surface area contributed by atoms with Gasteiger partial charge in [-0.25, -0.2) is 0 Å². The zero-order chi connectivity index (χ0) is 23.3. The van der Waals surface area contributed by atoms with Crippen molar-refractivity contribution in [3.05, 3.63) is 45.4 Å². The van der Waals surface area contributed by atoms with Crippen molar-refractivity contribution in [2.75, 3.05) is 26.4 Å². The normalized spacial score (nSPS) is 10.7. The van der Waals surface area contributed by atoms with Crippen molar-refractivity contribution in [2.45, 2.75) is 13.8 Å². The molecule has 8 nitrogen and oxygen atoms in total. The molecule has 0 saturated heterocycles. The predicted octanol–water partition coefficient (Wildman–Crippen LogP) is 5.05. The molecule has 2 aromatic carbocycles. The van der Waals surface area contributed by atoms with Gasteiger partial charge in [-0.15, -0.1) is 0 Å². The molecule has 0 aromatic heterocycles. The highest BCUT2D eigenvalue weighted by Crippen LogP contribution is 2.37. The Labute approximate surface area is 196 Å². The quantitative estimate of drug-likeness (QED) is 0.332. The third-order valence-corrected chi connectivity index (χ3v) is 4.27. The predicted molar refractivity (Wildman–Crippen MR) is 123 cm³/mol. The lowest BCUT2D eigenvalue weighted by Crippen LogP contribution is -2.01. The van der Waals surface area contributed by atoms with Gasteiger partial charge >= 0.3 is 0 Å². The summed E-state index contributed by atoms with van der Waals surface area (Å²) in [5.74, 6) is 1.41. The molecular weight excluding hydrogens is 455 g/mol. The van der Waals surface area contributed by atoms with Crippen LogP contribution in [0.25, 0.3) is 0 Å². The standard InChI is InChI=1S/C22H20Cl2N4O4/c1-3-29-19-11-15(9-17(23)21(19)31-7-5-25)13-27-28-14-16-10-18(24)22(32-8-6-26)20(12-16)30-4-2/h9-14H,3-4,7-8H2,1-2H3. The van der Waals surface area contributed by atoms with Gasteiger partial charge in [-0.05, 0) is 38.1 Å². The van der Waals surface area contributed by atoms with Gasteiger partial charge in [0.1, 0.15) is 12.1 Å².